The van der Waals surface area contributed by atoms with E-state index in [0.29, 0.717) is 18.6 Å². The Bertz CT molecular complexity index is 182. The first-order valence-electron chi connectivity index (χ1n) is 6.19. The molecule has 0 saturated heterocycles. The third-order valence-corrected chi connectivity index (χ3v) is 2.26. The summed E-state index contributed by atoms with van der Waals surface area (Å²) in [7, 11) is 0. The summed E-state index contributed by atoms with van der Waals surface area (Å²) in [6, 6.07) is 0. The average molecular weight is 230 g/mol. The van der Waals surface area contributed by atoms with Crippen molar-refractivity contribution in [3.05, 3.63) is 0 Å². The van der Waals surface area contributed by atoms with Crippen molar-refractivity contribution in [2.75, 3.05) is 19.8 Å². The van der Waals surface area contributed by atoms with Gasteiger partial charge in [0.05, 0.1) is 6.61 Å². The number of carbonyl (C=O) groups excluding carboxylic acids is 1. The molecular formula is C13H26O3. The molecule has 0 rings (SSSR count). The van der Waals surface area contributed by atoms with Crippen LogP contribution in [0.5, 0.6) is 0 Å². The highest BCUT2D eigenvalue weighted by molar-refractivity contribution is 5.70. The van der Waals surface area contributed by atoms with Crippen LogP contribution in [-0.4, -0.2) is 25.8 Å². The molecule has 0 radical (unpaired) electrons. The van der Waals surface area contributed by atoms with E-state index in [1.807, 2.05) is 6.92 Å². The van der Waals surface area contributed by atoms with E-state index in [-0.39, 0.29) is 12.6 Å². The van der Waals surface area contributed by atoms with Gasteiger partial charge in [-0.15, -0.1) is 0 Å². The summed E-state index contributed by atoms with van der Waals surface area (Å²) in [5.74, 6) is -0.252. The van der Waals surface area contributed by atoms with Crippen molar-refractivity contribution >= 4 is 5.97 Å². The first kappa shape index (κ1) is 15.4. The molecule has 0 spiro atoms. The van der Waals surface area contributed by atoms with Gasteiger partial charge < -0.3 is 9.47 Å². The molecule has 0 aromatic heterocycles. The maximum absolute atomic E-state index is 11.0. The van der Waals surface area contributed by atoms with E-state index in [1.165, 1.54) is 12.8 Å². The molecule has 0 atom stereocenters. The van der Waals surface area contributed by atoms with Crippen molar-refractivity contribution in [3.63, 3.8) is 0 Å². The van der Waals surface area contributed by atoms with Crippen LogP contribution in [0.15, 0.2) is 0 Å². The Morgan fingerprint density at radius 1 is 1.12 bits per heavy atom. The van der Waals surface area contributed by atoms with Gasteiger partial charge in [0.2, 0.25) is 0 Å². The Labute approximate surface area is 99.5 Å². The van der Waals surface area contributed by atoms with Crippen LogP contribution in [0.2, 0.25) is 0 Å². The lowest BCUT2D eigenvalue weighted by atomic mass is 9.89. The van der Waals surface area contributed by atoms with Crippen molar-refractivity contribution < 1.29 is 14.3 Å². The van der Waals surface area contributed by atoms with Crippen LogP contribution >= 0.6 is 0 Å². The van der Waals surface area contributed by atoms with Crippen molar-refractivity contribution in [1.82, 2.24) is 0 Å². The molecule has 0 bridgehead atoms. The number of hydrogen-bond acceptors (Lipinski definition) is 3. The molecule has 0 amide bonds. The lowest BCUT2D eigenvalue weighted by Gasteiger charge is -2.17. The molecular weight excluding hydrogens is 204 g/mol. The largest absolute Gasteiger partial charge is 0.464 e. The van der Waals surface area contributed by atoms with Crippen LogP contribution in [-0.2, 0) is 14.3 Å². The summed E-state index contributed by atoms with van der Waals surface area (Å²) in [6.07, 6.45) is 4.50. The Balaban J connectivity index is 3.24. The lowest BCUT2D eigenvalue weighted by molar-refractivity contribution is -0.148. The molecule has 0 aromatic rings. The standard InChI is InChI=1S/C13H26O3/c1-5-15-11-12(14)16-10-8-6-7-9-13(2,3)4/h5-11H2,1-4H3. The van der Waals surface area contributed by atoms with Gasteiger partial charge in [-0.1, -0.05) is 33.6 Å². The van der Waals surface area contributed by atoms with Crippen LogP contribution in [0.3, 0.4) is 0 Å². The van der Waals surface area contributed by atoms with E-state index in [2.05, 4.69) is 20.8 Å². The summed E-state index contributed by atoms with van der Waals surface area (Å²) in [5, 5.41) is 0. The molecule has 0 aliphatic rings. The van der Waals surface area contributed by atoms with Gasteiger partial charge in [-0.2, -0.15) is 0 Å². The summed E-state index contributed by atoms with van der Waals surface area (Å²) in [4.78, 5) is 11.0. The van der Waals surface area contributed by atoms with Crippen LogP contribution in [0, 0.1) is 5.41 Å². The summed E-state index contributed by atoms with van der Waals surface area (Å²) in [6.45, 7) is 9.76. The minimum absolute atomic E-state index is 0.0818. The van der Waals surface area contributed by atoms with Gasteiger partial charge in [0, 0.05) is 6.61 Å². The minimum atomic E-state index is -0.252. The van der Waals surface area contributed by atoms with E-state index >= 15 is 0 Å². The van der Waals surface area contributed by atoms with Gasteiger partial charge in [-0.05, 0) is 25.2 Å². The first-order chi connectivity index (χ1) is 7.45. The molecule has 0 fully saturated rings. The van der Waals surface area contributed by atoms with E-state index in [1.54, 1.807) is 0 Å². The first-order valence-corrected chi connectivity index (χ1v) is 6.19. The number of rotatable bonds is 8. The number of hydrogen-bond donors (Lipinski definition) is 0. The lowest BCUT2D eigenvalue weighted by Crippen LogP contribution is -2.13. The third kappa shape index (κ3) is 11.5. The maximum Gasteiger partial charge on any atom is 0.332 e. The van der Waals surface area contributed by atoms with E-state index in [9.17, 15) is 4.79 Å². The van der Waals surface area contributed by atoms with Gasteiger partial charge in [-0.25, -0.2) is 4.79 Å². The van der Waals surface area contributed by atoms with Gasteiger partial charge in [0.15, 0.2) is 0 Å². The Kier molecular flexibility index (Phi) is 8.26. The molecule has 16 heavy (non-hydrogen) atoms. The maximum atomic E-state index is 11.0. The topological polar surface area (TPSA) is 35.5 Å². The molecule has 0 aromatic carbocycles. The molecule has 0 saturated carbocycles. The third-order valence-electron chi connectivity index (χ3n) is 2.26. The minimum Gasteiger partial charge on any atom is -0.464 e. The van der Waals surface area contributed by atoms with Crippen LogP contribution < -0.4 is 0 Å². The Morgan fingerprint density at radius 2 is 1.81 bits per heavy atom. The molecule has 0 heterocycles. The van der Waals surface area contributed by atoms with Crippen molar-refractivity contribution in [3.8, 4) is 0 Å². The summed E-state index contributed by atoms with van der Waals surface area (Å²) >= 11 is 0. The predicted octanol–water partition coefficient (Wildman–Crippen LogP) is 3.17. The van der Waals surface area contributed by atoms with Gasteiger partial charge in [0.1, 0.15) is 6.61 Å². The number of ether oxygens (including phenoxy) is 2. The number of carbonyl (C=O) groups is 1. The van der Waals surface area contributed by atoms with Gasteiger partial charge in [0.25, 0.3) is 0 Å². The van der Waals surface area contributed by atoms with Crippen LogP contribution in [0.1, 0.15) is 53.4 Å². The van der Waals surface area contributed by atoms with Gasteiger partial charge >= 0.3 is 5.97 Å². The fourth-order valence-corrected chi connectivity index (χ4v) is 1.35. The zero-order valence-corrected chi connectivity index (χ0v) is 11.2. The molecule has 0 aliphatic carbocycles. The quantitative estimate of drug-likeness (QED) is 0.474. The second-order valence-corrected chi connectivity index (χ2v) is 5.23. The highest BCUT2D eigenvalue weighted by atomic mass is 16.6. The van der Waals surface area contributed by atoms with E-state index in [4.69, 9.17) is 9.47 Å². The normalized spacial score (nSPS) is 11.5. The van der Waals surface area contributed by atoms with E-state index in [0.717, 1.165) is 12.8 Å². The molecule has 0 unspecified atom stereocenters. The fraction of sp³-hybridized carbons (Fsp3) is 0.923. The zero-order chi connectivity index (χ0) is 12.4. The fourth-order valence-electron chi connectivity index (χ4n) is 1.35. The van der Waals surface area contributed by atoms with Crippen molar-refractivity contribution in [2.24, 2.45) is 5.41 Å². The highest BCUT2D eigenvalue weighted by Gasteiger charge is 2.08. The summed E-state index contributed by atoms with van der Waals surface area (Å²) < 4.78 is 9.96. The smallest absolute Gasteiger partial charge is 0.332 e. The zero-order valence-electron chi connectivity index (χ0n) is 11.2. The second kappa shape index (κ2) is 8.57. The Morgan fingerprint density at radius 3 is 2.38 bits per heavy atom. The summed E-state index contributed by atoms with van der Waals surface area (Å²) in [5.41, 5.74) is 0.408. The van der Waals surface area contributed by atoms with Crippen LogP contribution in [0.25, 0.3) is 0 Å². The molecule has 3 heteroatoms. The molecule has 3 nitrogen and oxygen atoms in total. The molecule has 0 N–H and O–H groups in total. The number of unbranched alkanes of at least 4 members (excludes halogenated alkanes) is 2. The van der Waals surface area contributed by atoms with Crippen LogP contribution in [0.4, 0.5) is 0 Å². The highest BCUT2D eigenvalue weighted by Crippen LogP contribution is 2.21. The SMILES string of the molecule is CCOCC(=O)OCCCCCC(C)(C)C. The van der Waals surface area contributed by atoms with Crippen molar-refractivity contribution in [1.29, 1.82) is 0 Å². The predicted molar refractivity (Wildman–Crippen MR) is 65.4 cm³/mol. The average Bonchev–Trinajstić information content (AvgIpc) is 2.18. The monoisotopic (exact) mass is 230 g/mol. The number of esters is 1. The Hall–Kier alpha value is -0.570. The van der Waals surface area contributed by atoms with Gasteiger partial charge in [-0.3, -0.25) is 0 Å². The van der Waals surface area contributed by atoms with Crippen molar-refractivity contribution in [2.45, 2.75) is 53.4 Å². The molecule has 0 aliphatic heterocycles. The molecule has 96 valence electrons. The van der Waals surface area contributed by atoms with E-state index < -0.39 is 0 Å². The second-order valence-electron chi connectivity index (χ2n) is 5.23.